The molecule has 0 bridgehead atoms. The van der Waals surface area contributed by atoms with E-state index in [1.807, 2.05) is 32.0 Å². The molecule has 0 saturated carbocycles. The highest BCUT2D eigenvalue weighted by molar-refractivity contribution is 5.99. The van der Waals surface area contributed by atoms with Gasteiger partial charge in [-0.3, -0.25) is 4.79 Å². The van der Waals surface area contributed by atoms with Gasteiger partial charge in [-0.25, -0.2) is 0 Å². The van der Waals surface area contributed by atoms with Crippen LogP contribution in [0.3, 0.4) is 0 Å². The average molecular weight is 161 g/mol. The first kappa shape index (κ1) is 7.35. The zero-order valence-electron chi connectivity index (χ0n) is 7.22. The highest BCUT2D eigenvalue weighted by atomic mass is 16.2. The average Bonchev–Trinajstić information content (AvgIpc) is 2.28. The molecule has 0 spiro atoms. The third-order valence-corrected chi connectivity index (χ3v) is 2.27. The summed E-state index contributed by atoms with van der Waals surface area (Å²) < 4.78 is 0. The lowest BCUT2D eigenvalue weighted by Gasteiger charge is -2.02. The Kier molecular flexibility index (Phi) is 1.43. The minimum atomic E-state index is 0.0567. The summed E-state index contributed by atoms with van der Waals surface area (Å²) in [6, 6.07) is 6.17. The van der Waals surface area contributed by atoms with Crippen LogP contribution in [0.15, 0.2) is 18.2 Å². The van der Waals surface area contributed by atoms with E-state index >= 15 is 0 Å². The third-order valence-electron chi connectivity index (χ3n) is 2.27. The van der Waals surface area contributed by atoms with Gasteiger partial charge >= 0.3 is 0 Å². The minimum Gasteiger partial charge on any atom is -0.345 e. The molecule has 1 aliphatic rings. The Hall–Kier alpha value is -1.31. The van der Waals surface area contributed by atoms with Gasteiger partial charge in [0.2, 0.25) is 0 Å². The van der Waals surface area contributed by atoms with Crippen molar-refractivity contribution in [2.75, 3.05) is 0 Å². The van der Waals surface area contributed by atoms with Gasteiger partial charge in [-0.2, -0.15) is 0 Å². The number of nitrogens with one attached hydrogen (secondary N) is 1. The lowest BCUT2D eigenvalue weighted by Crippen LogP contribution is -2.16. The molecule has 0 saturated heterocycles. The van der Waals surface area contributed by atoms with Crippen LogP contribution < -0.4 is 5.32 Å². The van der Waals surface area contributed by atoms with Gasteiger partial charge in [-0.15, -0.1) is 0 Å². The summed E-state index contributed by atoms with van der Waals surface area (Å²) >= 11 is 0. The van der Waals surface area contributed by atoms with E-state index in [1.165, 1.54) is 0 Å². The maximum Gasteiger partial charge on any atom is 0.252 e. The van der Waals surface area contributed by atoms with Crippen LogP contribution in [0.4, 0.5) is 0 Å². The second kappa shape index (κ2) is 2.34. The lowest BCUT2D eigenvalue weighted by atomic mass is 10.0. The van der Waals surface area contributed by atoms with Gasteiger partial charge in [0.25, 0.3) is 5.91 Å². The van der Waals surface area contributed by atoms with Crippen LogP contribution in [0.1, 0.15) is 34.5 Å². The number of carbonyl (C=O) groups excluding carboxylic acids is 1. The summed E-state index contributed by atoms with van der Waals surface area (Å²) in [5, 5.41) is 2.87. The summed E-state index contributed by atoms with van der Waals surface area (Å²) in [6.07, 6.45) is 0. The van der Waals surface area contributed by atoms with Crippen molar-refractivity contribution < 1.29 is 4.79 Å². The third kappa shape index (κ3) is 0.916. The number of carbonyl (C=O) groups is 1. The highest BCUT2D eigenvalue weighted by Gasteiger charge is 2.24. The van der Waals surface area contributed by atoms with E-state index in [0.29, 0.717) is 0 Å². The van der Waals surface area contributed by atoms with Crippen LogP contribution in [-0.2, 0) is 0 Å². The summed E-state index contributed by atoms with van der Waals surface area (Å²) in [5.41, 5.74) is 3.09. The van der Waals surface area contributed by atoms with Crippen molar-refractivity contribution in [1.29, 1.82) is 0 Å². The summed E-state index contributed by atoms with van der Waals surface area (Å²) in [6.45, 7) is 4.00. The SMILES string of the molecule is Cc1ccc2c(c1)C(=O)N[C@H]2C. The van der Waals surface area contributed by atoms with Gasteiger partial charge in [0.05, 0.1) is 6.04 Å². The molecule has 1 aromatic rings. The molecule has 62 valence electrons. The van der Waals surface area contributed by atoms with Gasteiger partial charge in [0, 0.05) is 5.56 Å². The molecular weight excluding hydrogens is 150 g/mol. The van der Waals surface area contributed by atoms with Gasteiger partial charge in [0.1, 0.15) is 0 Å². The van der Waals surface area contributed by atoms with E-state index in [4.69, 9.17) is 0 Å². The Bertz CT molecular complexity index is 344. The molecule has 0 aromatic heterocycles. The van der Waals surface area contributed by atoms with Crippen molar-refractivity contribution in [3.8, 4) is 0 Å². The Morgan fingerprint density at radius 2 is 2.17 bits per heavy atom. The molecule has 0 fully saturated rings. The molecule has 1 N–H and O–H groups in total. The molecule has 0 aliphatic carbocycles. The van der Waals surface area contributed by atoms with Gasteiger partial charge < -0.3 is 5.32 Å². The van der Waals surface area contributed by atoms with E-state index in [0.717, 1.165) is 16.7 Å². The van der Waals surface area contributed by atoms with Crippen LogP contribution >= 0.6 is 0 Å². The molecule has 2 nitrogen and oxygen atoms in total. The first-order valence-electron chi connectivity index (χ1n) is 4.10. The molecule has 0 radical (unpaired) electrons. The predicted octanol–water partition coefficient (Wildman–Crippen LogP) is 1.80. The first-order valence-corrected chi connectivity index (χ1v) is 4.10. The molecule has 2 heteroatoms. The van der Waals surface area contributed by atoms with Crippen molar-refractivity contribution in [1.82, 2.24) is 5.32 Å². The van der Waals surface area contributed by atoms with Crippen molar-refractivity contribution in [3.63, 3.8) is 0 Å². The number of benzene rings is 1. The number of rotatable bonds is 0. The Balaban J connectivity index is 2.60. The largest absolute Gasteiger partial charge is 0.345 e. The number of fused-ring (bicyclic) bond motifs is 1. The van der Waals surface area contributed by atoms with E-state index in [1.54, 1.807) is 0 Å². The minimum absolute atomic E-state index is 0.0567. The number of hydrogen-bond acceptors (Lipinski definition) is 1. The standard InChI is InChI=1S/C10H11NO/c1-6-3-4-8-7(2)11-10(12)9(8)5-6/h3-5,7H,1-2H3,(H,11,12)/t7-/m0/s1. The second-order valence-electron chi connectivity index (χ2n) is 3.29. The van der Waals surface area contributed by atoms with Gasteiger partial charge in [-0.1, -0.05) is 17.7 Å². The zero-order chi connectivity index (χ0) is 8.72. The van der Waals surface area contributed by atoms with Crippen molar-refractivity contribution in [2.24, 2.45) is 0 Å². The monoisotopic (exact) mass is 161 g/mol. The van der Waals surface area contributed by atoms with E-state index < -0.39 is 0 Å². The lowest BCUT2D eigenvalue weighted by molar-refractivity contribution is 0.0958. The molecule has 0 unspecified atom stereocenters. The van der Waals surface area contributed by atoms with Gasteiger partial charge in [-0.05, 0) is 25.5 Å². The Morgan fingerprint density at radius 1 is 1.42 bits per heavy atom. The fourth-order valence-corrected chi connectivity index (χ4v) is 1.60. The molecule has 2 rings (SSSR count). The molecular formula is C10H11NO. The zero-order valence-corrected chi connectivity index (χ0v) is 7.22. The van der Waals surface area contributed by atoms with Crippen LogP contribution in [0.2, 0.25) is 0 Å². The molecule has 1 heterocycles. The van der Waals surface area contributed by atoms with Crippen LogP contribution in [0.25, 0.3) is 0 Å². The van der Waals surface area contributed by atoms with Gasteiger partial charge in [0.15, 0.2) is 0 Å². The number of amides is 1. The summed E-state index contributed by atoms with van der Waals surface area (Å²) in [7, 11) is 0. The first-order chi connectivity index (χ1) is 5.68. The van der Waals surface area contributed by atoms with E-state index in [9.17, 15) is 4.79 Å². The second-order valence-corrected chi connectivity index (χ2v) is 3.29. The quantitative estimate of drug-likeness (QED) is 0.617. The van der Waals surface area contributed by atoms with E-state index in [-0.39, 0.29) is 11.9 Å². The predicted molar refractivity (Wildman–Crippen MR) is 47.1 cm³/mol. The highest BCUT2D eigenvalue weighted by Crippen LogP contribution is 2.25. The van der Waals surface area contributed by atoms with Crippen LogP contribution in [0, 0.1) is 6.92 Å². The van der Waals surface area contributed by atoms with E-state index in [2.05, 4.69) is 5.32 Å². The van der Waals surface area contributed by atoms with Crippen molar-refractivity contribution in [3.05, 3.63) is 34.9 Å². The normalized spacial score (nSPS) is 20.5. The fourth-order valence-electron chi connectivity index (χ4n) is 1.60. The molecule has 1 aliphatic heterocycles. The number of aryl methyl sites for hydroxylation is 1. The van der Waals surface area contributed by atoms with Crippen LogP contribution in [-0.4, -0.2) is 5.91 Å². The maximum absolute atomic E-state index is 11.3. The Morgan fingerprint density at radius 3 is 2.92 bits per heavy atom. The maximum atomic E-state index is 11.3. The molecule has 1 amide bonds. The topological polar surface area (TPSA) is 29.1 Å². The molecule has 1 atom stereocenters. The van der Waals surface area contributed by atoms with Crippen molar-refractivity contribution >= 4 is 5.91 Å². The van der Waals surface area contributed by atoms with Crippen LogP contribution in [0.5, 0.6) is 0 Å². The fraction of sp³-hybridized carbons (Fsp3) is 0.300. The summed E-state index contributed by atoms with van der Waals surface area (Å²) in [5.74, 6) is 0.0567. The Labute approximate surface area is 71.6 Å². The molecule has 12 heavy (non-hydrogen) atoms. The summed E-state index contributed by atoms with van der Waals surface area (Å²) in [4.78, 5) is 11.3. The number of hydrogen-bond donors (Lipinski definition) is 1. The van der Waals surface area contributed by atoms with Crippen molar-refractivity contribution in [2.45, 2.75) is 19.9 Å². The smallest absolute Gasteiger partial charge is 0.252 e. The molecule has 1 aromatic carbocycles.